The van der Waals surface area contributed by atoms with E-state index in [1.807, 2.05) is 30.3 Å². The third-order valence-electron chi connectivity index (χ3n) is 5.58. The van der Waals surface area contributed by atoms with Gasteiger partial charge in [-0.1, -0.05) is 62.9 Å². The Labute approximate surface area is 168 Å². The van der Waals surface area contributed by atoms with Crippen LogP contribution >= 0.6 is 0 Å². The molecule has 1 saturated carbocycles. The molecule has 1 N–H and O–H groups in total. The zero-order valence-electron chi connectivity index (χ0n) is 16.9. The molecule has 2 unspecified atom stereocenters. The van der Waals surface area contributed by atoms with Crippen LogP contribution in [-0.2, 0) is 16.0 Å². The molecule has 1 aliphatic rings. The Morgan fingerprint density at radius 3 is 2.50 bits per heavy atom. The van der Waals surface area contributed by atoms with Gasteiger partial charge in [0, 0.05) is 24.3 Å². The predicted octanol–water partition coefficient (Wildman–Crippen LogP) is 5.40. The van der Waals surface area contributed by atoms with Crippen LogP contribution in [0.2, 0.25) is 0 Å². The van der Waals surface area contributed by atoms with Crippen LogP contribution in [0.5, 0.6) is 0 Å². The van der Waals surface area contributed by atoms with Crippen molar-refractivity contribution in [1.29, 1.82) is 0 Å². The van der Waals surface area contributed by atoms with Crippen LogP contribution < -0.4 is 0 Å². The summed E-state index contributed by atoms with van der Waals surface area (Å²) in [6, 6.07) is 7.78. The summed E-state index contributed by atoms with van der Waals surface area (Å²) in [6.07, 6.45) is 11.6. The van der Waals surface area contributed by atoms with E-state index in [1.54, 1.807) is 6.08 Å². The number of rotatable bonds is 12. The number of allylic oxidation sites excluding steroid dienone is 2. The minimum atomic E-state index is -0.749. The third-order valence-corrected chi connectivity index (χ3v) is 5.58. The second-order valence-corrected chi connectivity index (χ2v) is 7.79. The maximum absolute atomic E-state index is 12.4. The fourth-order valence-electron chi connectivity index (χ4n) is 3.97. The van der Waals surface area contributed by atoms with Crippen LogP contribution in [0.25, 0.3) is 0 Å². The Bertz CT molecular complexity index is 687. The van der Waals surface area contributed by atoms with Gasteiger partial charge >= 0.3 is 5.97 Å². The van der Waals surface area contributed by atoms with Crippen molar-refractivity contribution < 1.29 is 19.5 Å². The molecule has 0 heterocycles. The molecule has 0 radical (unpaired) electrons. The predicted molar refractivity (Wildman–Crippen MR) is 110 cm³/mol. The van der Waals surface area contributed by atoms with Crippen molar-refractivity contribution in [3.8, 4) is 0 Å². The minimum absolute atomic E-state index is 0.00480. The molecular weight excluding hydrogens is 352 g/mol. The number of carboxylic acid groups (broad SMARTS) is 1. The molecule has 2 rings (SSSR count). The number of ketones is 2. The molecule has 2 atom stereocenters. The Morgan fingerprint density at radius 1 is 1.11 bits per heavy atom. The standard InChI is InChI=1S/C24H32O4/c1-2-7-18-10-12-20(13-11-18)22(25)16-14-19-15-17-23(26)21(19)8-5-3-4-6-9-24(27)28/h10-14,16,19,21H,2-9,15,17H2,1H3,(H,27,28). The summed E-state index contributed by atoms with van der Waals surface area (Å²) in [4.78, 5) is 35.2. The highest BCUT2D eigenvalue weighted by Gasteiger charge is 2.32. The molecule has 1 aromatic rings. The number of aryl methyl sites for hydroxylation is 1. The zero-order chi connectivity index (χ0) is 20.4. The lowest BCUT2D eigenvalue weighted by Gasteiger charge is -2.14. The van der Waals surface area contributed by atoms with Crippen molar-refractivity contribution in [2.75, 3.05) is 0 Å². The summed E-state index contributed by atoms with van der Waals surface area (Å²) in [5.74, 6) is -0.294. The molecule has 1 fully saturated rings. The normalized spacial score (nSPS) is 19.4. The average Bonchev–Trinajstić information content (AvgIpc) is 3.03. The molecule has 4 heteroatoms. The van der Waals surface area contributed by atoms with Crippen LogP contribution in [0.3, 0.4) is 0 Å². The van der Waals surface area contributed by atoms with Gasteiger partial charge in [-0.15, -0.1) is 0 Å². The molecule has 1 aliphatic carbocycles. The topological polar surface area (TPSA) is 71.4 Å². The zero-order valence-corrected chi connectivity index (χ0v) is 16.9. The first-order chi connectivity index (χ1) is 13.5. The second kappa shape index (κ2) is 11.6. The number of hydrogen-bond donors (Lipinski definition) is 1. The summed E-state index contributed by atoms with van der Waals surface area (Å²) in [5.41, 5.74) is 1.93. The highest BCUT2D eigenvalue weighted by molar-refractivity contribution is 6.04. The second-order valence-electron chi connectivity index (χ2n) is 7.79. The summed E-state index contributed by atoms with van der Waals surface area (Å²) in [5, 5.41) is 8.66. The van der Waals surface area contributed by atoms with Crippen molar-refractivity contribution in [2.24, 2.45) is 11.8 Å². The molecular formula is C24H32O4. The van der Waals surface area contributed by atoms with Gasteiger partial charge in [-0.05, 0) is 43.2 Å². The number of unbranched alkanes of at least 4 members (excludes halogenated alkanes) is 3. The Balaban J connectivity index is 1.82. The first kappa shape index (κ1) is 22.1. The van der Waals surface area contributed by atoms with E-state index >= 15 is 0 Å². The molecule has 0 amide bonds. The lowest BCUT2D eigenvalue weighted by molar-refractivity contribution is -0.137. The average molecular weight is 385 g/mol. The van der Waals surface area contributed by atoms with E-state index < -0.39 is 5.97 Å². The van der Waals surface area contributed by atoms with Crippen LogP contribution in [0, 0.1) is 11.8 Å². The number of carboxylic acids is 1. The Morgan fingerprint density at radius 2 is 1.82 bits per heavy atom. The van der Waals surface area contributed by atoms with Gasteiger partial charge in [0.05, 0.1) is 0 Å². The van der Waals surface area contributed by atoms with Crippen molar-refractivity contribution >= 4 is 17.5 Å². The molecule has 0 bridgehead atoms. The SMILES string of the molecule is CCCc1ccc(C(=O)C=CC2CCC(=O)C2CCCCCCC(=O)O)cc1. The Hall–Kier alpha value is -2.23. The van der Waals surface area contributed by atoms with E-state index in [2.05, 4.69) is 6.92 Å². The summed E-state index contributed by atoms with van der Waals surface area (Å²) in [7, 11) is 0. The fourth-order valence-corrected chi connectivity index (χ4v) is 3.97. The van der Waals surface area contributed by atoms with Gasteiger partial charge in [-0.25, -0.2) is 0 Å². The smallest absolute Gasteiger partial charge is 0.303 e. The number of carbonyl (C=O) groups excluding carboxylic acids is 2. The molecule has 4 nitrogen and oxygen atoms in total. The maximum atomic E-state index is 12.4. The first-order valence-electron chi connectivity index (χ1n) is 10.6. The fraction of sp³-hybridized carbons (Fsp3) is 0.542. The highest BCUT2D eigenvalue weighted by Crippen LogP contribution is 2.34. The van der Waals surface area contributed by atoms with E-state index in [-0.39, 0.29) is 24.0 Å². The van der Waals surface area contributed by atoms with Crippen molar-refractivity contribution in [3.63, 3.8) is 0 Å². The number of Topliss-reactive ketones (excluding diaryl/α,β-unsaturated/α-hetero) is 1. The highest BCUT2D eigenvalue weighted by atomic mass is 16.4. The van der Waals surface area contributed by atoms with Gasteiger partial charge < -0.3 is 5.11 Å². The molecule has 28 heavy (non-hydrogen) atoms. The van der Waals surface area contributed by atoms with E-state index in [0.29, 0.717) is 24.2 Å². The minimum Gasteiger partial charge on any atom is -0.481 e. The van der Waals surface area contributed by atoms with E-state index in [1.165, 1.54) is 5.56 Å². The van der Waals surface area contributed by atoms with E-state index in [9.17, 15) is 14.4 Å². The number of aliphatic carboxylic acids is 1. The third kappa shape index (κ3) is 7.06. The largest absolute Gasteiger partial charge is 0.481 e. The van der Waals surface area contributed by atoms with Crippen LogP contribution in [0.15, 0.2) is 36.4 Å². The quantitative estimate of drug-likeness (QED) is 0.298. The maximum Gasteiger partial charge on any atom is 0.303 e. The van der Waals surface area contributed by atoms with Crippen LogP contribution in [0.1, 0.15) is 80.6 Å². The first-order valence-corrected chi connectivity index (χ1v) is 10.6. The van der Waals surface area contributed by atoms with Gasteiger partial charge in [-0.3, -0.25) is 14.4 Å². The molecule has 1 aromatic carbocycles. The molecule has 0 aliphatic heterocycles. The van der Waals surface area contributed by atoms with Gasteiger partial charge in [0.25, 0.3) is 0 Å². The lowest BCUT2D eigenvalue weighted by atomic mass is 9.89. The number of hydrogen-bond acceptors (Lipinski definition) is 3. The lowest BCUT2D eigenvalue weighted by Crippen LogP contribution is -2.13. The van der Waals surface area contributed by atoms with Gasteiger partial charge in [0.1, 0.15) is 5.78 Å². The monoisotopic (exact) mass is 384 g/mol. The molecule has 0 saturated heterocycles. The molecule has 152 valence electrons. The van der Waals surface area contributed by atoms with E-state index in [0.717, 1.165) is 44.9 Å². The van der Waals surface area contributed by atoms with Gasteiger partial charge in [0.15, 0.2) is 5.78 Å². The summed E-state index contributed by atoms with van der Waals surface area (Å²) in [6.45, 7) is 2.14. The van der Waals surface area contributed by atoms with Gasteiger partial charge in [-0.2, -0.15) is 0 Å². The number of carbonyl (C=O) groups is 3. The van der Waals surface area contributed by atoms with Crippen molar-refractivity contribution in [1.82, 2.24) is 0 Å². The van der Waals surface area contributed by atoms with E-state index in [4.69, 9.17) is 5.11 Å². The van der Waals surface area contributed by atoms with Crippen LogP contribution in [0.4, 0.5) is 0 Å². The molecule has 0 aromatic heterocycles. The van der Waals surface area contributed by atoms with Crippen molar-refractivity contribution in [2.45, 2.75) is 71.1 Å². The van der Waals surface area contributed by atoms with Gasteiger partial charge in [0.2, 0.25) is 0 Å². The van der Waals surface area contributed by atoms with Crippen molar-refractivity contribution in [3.05, 3.63) is 47.5 Å². The summed E-state index contributed by atoms with van der Waals surface area (Å²) >= 11 is 0. The number of benzene rings is 1. The Kier molecular flexibility index (Phi) is 9.12. The van der Waals surface area contributed by atoms with Crippen LogP contribution in [-0.4, -0.2) is 22.6 Å². The summed E-state index contributed by atoms with van der Waals surface area (Å²) < 4.78 is 0. The molecule has 0 spiro atoms.